The van der Waals surface area contributed by atoms with E-state index in [1.54, 1.807) is 18.3 Å². The van der Waals surface area contributed by atoms with Gasteiger partial charge in [0.1, 0.15) is 15.7 Å². The van der Waals surface area contributed by atoms with Crippen LogP contribution in [0.5, 0.6) is 0 Å². The van der Waals surface area contributed by atoms with Crippen LogP contribution in [0.3, 0.4) is 0 Å². The van der Waals surface area contributed by atoms with E-state index in [1.807, 2.05) is 39.0 Å². The number of nitrogens with zero attached hydrogens (tertiary/aromatic N) is 2. The molecule has 3 amide bonds. The lowest BCUT2D eigenvalue weighted by atomic mass is 10.2. The number of amides is 3. The highest BCUT2D eigenvalue weighted by atomic mass is 32.2. The number of carbonyl (C=O) groups excluding carboxylic acids is 2. The standard InChI is InChI=1S/C20H22N4O2S2/c1-11(2)21-20(26)24-17(25)12(3)27-18-15-10-16(14-8-6-5-7-9-14)28-19(15)23-13(4)22-18/h5-12H,1-4H3,(H2,21,24,25,26)/t12-/m1/s1. The molecule has 146 valence electrons. The third-order valence-corrected chi connectivity index (χ3v) is 6.02. The number of aromatic nitrogens is 2. The average molecular weight is 415 g/mol. The first-order valence-corrected chi connectivity index (χ1v) is 10.6. The summed E-state index contributed by atoms with van der Waals surface area (Å²) in [4.78, 5) is 35.2. The van der Waals surface area contributed by atoms with Gasteiger partial charge in [0.15, 0.2) is 0 Å². The zero-order valence-electron chi connectivity index (χ0n) is 16.1. The first kappa shape index (κ1) is 20.3. The van der Waals surface area contributed by atoms with Crippen LogP contribution in [0.1, 0.15) is 26.6 Å². The van der Waals surface area contributed by atoms with Gasteiger partial charge < -0.3 is 5.32 Å². The Kier molecular flexibility index (Phi) is 6.31. The van der Waals surface area contributed by atoms with Crippen LogP contribution in [-0.2, 0) is 4.79 Å². The normalized spacial score (nSPS) is 12.2. The number of nitrogens with one attached hydrogen (secondary N) is 2. The number of thioether (sulfide) groups is 1. The number of fused-ring (bicyclic) bond motifs is 1. The van der Waals surface area contributed by atoms with Gasteiger partial charge in [0.25, 0.3) is 0 Å². The van der Waals surface area contributed by atoms with E-state index in [-0.39, 0.29) is 11.9 Å². The predicted octanol–water partition coefficient (Wildman–Crippen LogP) is 4.38. The molecule has 2 N–H and O–H groups in total. The minimum absolute atomic E-state index is 0.0397. The molecule has 0 radical (unpaired) electrons. The molecule has 2 heterocycles. The quantitative estimate of drug-likeness (QED) is 0.478. The van der Waals surface area contributed by atoms with Gasteiger partial charge in [-0.3, -0.25) is 10.1 Å². The van der Waals surface area contributed by atoms with Gasteiger partial charge in [0.05, 0.1) is 5.25 Å². The number of thiophene rings is 1. The van der Waals surface area contributed by atoms with Crippen LogP contribution in [0.25, 0.3) is 20.7 Å². The monoisotopic (exact) mass is 414 g/mol. The molecule has 0 aliphatic carbocycles. The number of carbonyl (C=O) groups is 2. The van der Waals surface area contributed by atoms with Gasteiger partial charge in [-0.2, -0.15) is 0 Å². The first-order valence-electron chi connectivity index (χ1n) is 8.95. The third-order valence-electron chi connectivity index (χ3n) is 3.84. The molecule has 0 aliphatic heterocycles. The molecule has 1 atom stereocenters. The topological polar surface area (TPSA) is 84.0 Å². The summed E-state index contributed by atoms with van der Waals surface area (Å²) in [6.07, 6.45) is 0. The largest absolute Gasteiger partial charge is 0.336 e. The predicted molar refractivity (Wildman–Crippen MR) is 115 cm³/mol. The number of rotatable bonds is 5. The van der Waals surface area contributed by atoms with Crippen LogP contribution in [-0.4, -0.2) is 33.2 Å². The summed E-state index contributed by atoms with van der Waals surface area (Å²) in [6.45, 7) is 7.27. The Morgan fingerprint density at radius 3 is 2.50 bits per heavy atom. The molecular formula is C20H22N4O2S2. The van der Waals surface area contributed by atoms with Crippen molar-refractivity contribution in [2.45, 2.75) is 44.0 Å². The molecule has 0 spiro atoms. The smallest absolute Gasteiger partial charge is 0.321 e. The van der Waals surface area contributed by atoms with Crippen molar-refractivity contribution >= 4 is 45.3 Å². The Labute approximate surface area is 172 Å². The first-order chi connectivity index (χ1) is 13.3. The fraction of sp³-hybridized carbons (Fsp3) is 0.300. The summed E-state index contributed by atoms with van der Waals surface area (Å²) in [6, 6.07) is 11.6. The molecule has 3 aromatic rings. The van der Waals surface area contributed by atoms with Crippen LogP contribution in [0, 0.1) is 6.92 Å². The van der Waals surface area contributed by atoms with Crippen molar-refractivity contribution < 1.29 is 9.59 Å². The molecule has 0 saturated carbocycles. The molecule has 0 unspecified atom stereocenters. The molecule has 6 nitrogen and oxygen atoms in total. The zero-order valence-corrected chi connectivity index (χ0v) is 17.8. The van der Waals surface area contributed by atoms with E-state index in [9.17, 15) is 9.59 Å². The summed E-state index contributed by atoms with van der Waals surface area (Å²) in [5.74, 6) is 0.299. The Morgan fingerprint density at radius 2 is 1.82 bits per heavy atom. The Balaban J connectivity index is 1.83. The lowest BCUT2D eigenvalue weighted by Crippen LogP contribution is -2.45. The molecule has 2 aromatic heterocycles. The Hall–Kier alpha value is -2.45. The molecule has 0 saturated heterocycles. The Morgan fingerprint density at radius 1 is 1.11 bits per heavy atom. The molecule has 0 aliphatic rings. The van der Waals surface area contributed by atoms with Gasteiger partial charge in [0, 0.05) is 16.3 Å². The van der Waals surface area contributed by atoms with E-state index in [2.05, 4.69) is 38.8 Å². The van der Waals surface area contributed by atoms with Crippen molar-refractivity contribution in [3.63, 3.8) is 0 Å². The van der Waals surface area contributed by atoms with Crippen LogP contribution in [0.15, 0.2) is 41.4 Å². The highest BCUT2D eigenvalue weighted by Crippen LogP contribution is 2.37. The number of hydrogen-bond acceptors (Lipinski definition) is 6. The molecule has 3 rings (SSSR count). The molecule has 28 heavy (non-hydrogen) atoms. The number of benzene rings is 1. The van der Waals surface area contributed by atoms with E-state index >= 15 is 0 Å². The van der Waals surface area contributed by atoms with Crippen LogP contribution >= 0.6 is 23.1 Å². The van der Waals surface area contributed by atoms with Gasteiger partial charge >= 0.3 is 6.03 Å². The third kappa shape index (κ3) is 4.88. The summed E-state index contributed by atoms with van der Waals surface area (Å²) in [5, 5.41) is 6.21. The maximum absolute atomic E-state index is 12.4. The molecule has 0 fully saturated rings. The van der Waals surface area contributed by atoms with Gasteiger partial charge in [-0.15, -0.1) is 11.3 Å². The fourth-order valence-electron chi connectivity index (χ4n) is 2.56. The van der Waals surface area contributed by atoms with Crippen molar-refractivity contribution in [3.05, 3.63) is 42.2 Å². The van der Waals surface area contributed by atoms with E-state index in [1.165, 1.54) is 11.8 Å². The average Bonchev–Trinajstić information content (AvgIpc) is 3.05. The summed E-state index contributed by atoms with van der Waals surface area (Å²) in [7, 11) is 0. The van der Waals surface area contributed by atoms with Crippen LogP contribution < -0.4 is 10.6 Å². The number of hydrogen-bond donors (Lipinski definition) is 2. The number of urea groups is 1. The van der Waals surface area contributed by atoms with Crippen molar-refractivity contribution in [1.29, 1.82) is 0 Å². The van der Waals surface area contributed by atoms with E-state index in [0.29, 0.717) is 5.82 Å². The highest BCUT2D eigenvalue weighted by Gasteiger charge is 2.21. The molecular weight excluding hydrogens is 392 g/mol. The van der Waals surface area contributed by atoms with Gasteiger partial charge in [-0.05, 0) is 39.3 Å². The summed E-state index contributed by atoms with van der Waals surface area (Å²) < 4.78 is 0. The van der Waals surface area contributed by atoms with Gasteiger partial charge in [-0.1, -0.05) is 42.1 Å². The lowest BCUT2D eigenvalue weighted by molar-refractivity contribution is -0.119. The highest BCUT2D eigenvalue weighted by molar-refractivity contribution is 8.00. The van der Waals surface area contributed by atoms with E-state index in [4.69, 9.17) is 0 Å². The lowest BCUT2D eigenvalue weighted by Gasteiger charge is -2.13. The second kappa shape index (κ2) is 8.70. The maximum atomic E-state index is 12.4. The number of imide groups is 1. The molecule has 1 aromatic carbocycles. The van der Waals surface area contributed by atoms with Crippen molar-refractivity contribution in [2.75, 3.05) is 0 Å². The SMILES string of the molecule is Cc1nc(S[C@H](C)C(=O)NC(=O)NC(C)C)c2cc(-c3ccccc3)sc2n1. The minimum atomic E-state index is -0.488. The van der Waals surface area contributed by atoms with Crippen LogP contribution in [0.4, 0.5) is 4.79 Å². The second-order valence-corrected chi connectivity index (χ2v) is 9.01. The number of aryl methyl sites for hydroxylation is 1. The summed E-state index contributed by atoms with van der Waals surface area (Å²) in [5.41, 5.74) is 1.12. The zero-order chi connectivity index (χ0) is 20.3. The van der Waals surface area contributed by atoms with Gasteiger partial charge in [-0.25, -0.2) is 14.8 Å². The second-order valence-electron chi connectivity index (χ2n) is 6.65. The Bertz CT molecular complexity index is 1000. The van der Waals surface area contributed by atoms with Crippen molar-refractivity contribution in [1.82, 2.24) is 20.6 Å². The van der Waals surface area contributed by atoms with Crippen molar-refractivity contribution in [2.24, 2.45) is 0 Å². The maximum Gasteiger partial charge on any atom is 0.321 e. The molecule has 0 bridgehead atoms. The fourth-order valence-corrected chi connectivity index (χ4v) is 4.68. The van der Waals surface area contributed by atoms with E-state index < -0.39 is 11.3 Å². The summed E-state index contributed by atoms with van der Waals surface area (Å²) >= 11 is 2.93. The van der Waals surface area contributed by atoms with Gasteiger partial charge in [0.2, 0.25) is 5.91 Å². The minimum Gasteiger partial charge on any atom is -0.336 e. The van der Waals surface area contributed by atoms with E-state index in [0.717, 1.165) is 25.7 Å². The van der Waals surface area contributed by atoms with Crippen molar-refractivity contribution in [3.8, 4) is 10.4 Å². The van der Waals surface area contributed by atoms with Crippen LogP contribution in [0.2, 0.25) is 0 Å². The molecule has 8 heteroatoms.